The van der Waals surface area contributed by atoms with E-state index in [4.69, 9.17) is 0 Å². The molecule has 1 fully saturated rings. The van der Waals surface area contributed by atoms with Crippen molar-refractivity contribution >= 4 is 39.0 Å². The third kappa shape index (κ3) is 5.17. The first kappa shape index (κ1) is 22.0. The second-order valence-electron chi connectivity index (χ2n) is 7.15. The van der Waals surface area contributed by atoms with Crippen molar-refractivity contribution < 1.29 is 13.2 Å². The Labute approximate surface area is 189 Å². The van der Waals surface area contributed by atoms with Crippen molar-refractivity contribution in [2.24, 2.45) is 7.05 Å². The number of rotatable bonds is 7. The largest absolute Gasteiger partial charge is 0.339 e. The van der Waals surface area contributed by atoms with Crippen molar-refractivity contribution in [1.82, 2.24) is 24.0 Å². The minimum Gasteiger partial charge on any atom is -0.339 e. The molecule has 0 bridgehead atoms. The fraction of sp³-hybridized carbons (Fsp3) is 0.350. The first-order valence-electron chi connectivity index (χ1n) is 9.79. The van der Waals surface area contributed by atoms with E-state index in [2.05, 4.69) is 10.2 Å². The van der Waals surface area contributed by atoms with E-state index < -0.39 is 10.0 Å². The van der Waals surface area contributed by atoms with Crippen molar-refractivity contribution in [3.63, 3.8) is 0 Å². The summed E-state index contributed by atoms with van der Waals surface area (Å²) >= 11 is 2.94. The summed E-state index contributed by atoms with van der Waals surface area (Å²) in [5.41, 5.74) is 0.767. The smallest absolute Gasteiger partial charge is 0.233 e. The molecule has 0 atom stereocenters. The normalized spacial score (nSPS) is 15.3. The van der Waals surface area contributed by atoms with Gasteiger partial charge in [-0.1, -0.05) is 48.2 Å². The average molecular weight is 478 g/mol. The Balaban J connectivity index is 1.29. The second kappa shape index (κ2) is 9.51. The number of carbonyl (C=O) groups excluding carboxylic acids is 1. The lowest BCUT2D eigenvalue weighted by Crippen LogP contribution is -2.51. The first-order valence-corrected chi connectivity index (χ1v) is 13.3. The Bertz CT molecular complexity index is 1120. The minimum atomic E-state index is -3.40. The van der Waals surface area contributed by atoms with E-state index in [9.17, 15) is 13.2 Å². The quantitative estimate of drug-likeness (QED) is 0.485. The summed E-state index contributed by atoms with van der Waals surface area (Å²) in [4.78, 5) is 15.4. The Morgan fingerprint density at radius 2 is 1.81 bits per heavy atom. The van der Waals surface area contributed by atoms with Gasteiger partial charge < -0.3 is 9.47 Å². The number of thiophene rings is 1. The molecule has 0 spiro atoms. The fourth-order valence-electron chi connectivity index (χ4n) is 3.37. The highest BCUT2D eigenvalue weighted by Gasteiger charge is 2.29. The fourth-order valence-corrected chi connectivity index (χ4v) is 6.44. The van der Waals surface area contributed by atoms with Crippen LogP contribution in [0.4, 0.5) is 0 Å². The van der Waals surface area contributed by atoms with Crippen molar-refractivity contribution in [2.45, 2.75) is 10.9 Å². The molecule has 0 radical (unpaired) electrons. The topological polar surface area (TPSA) is 88.4 Å². The summed E-state index contributed by atoms with van der Waals surface area (Å²) in [5, 5.41) is 11.1. The highest BCUT2D eigenvalue weighted by molar-refractivity contribution is 7.99. The van der Waals surface area contributed by atoms with Gasteiger partial charge in [0.05, 0.1) is 16.4 Å². The third-order valence-corrected chi connectivity index (χ3v) is 8.80. The summed E-state index contributed by atoms with van der Waals surface area (Å²) in [6.45, 7) is 1.43. The highest BCUT2D eigenvalue weighted by Crippen LogP contribution is 2.26. The van der Waals surface area contributed by atoms with E-state index in [1.807, 2.05) is 59.5 Å². The van der Waals surface area contributed by atoms with Gasteiger partial charge in [0.25, 0.3) is 0 Å². The summed E-state index contributed by atoms with van der Waals surface area (Å²) < 4.78 is 28.7. The molecule has 1 amide bonds. The number of benzene rings is 1. The van der Waals surface area contributed by atoms with Gasteiger partial charge in [-0.25, -0.2) is 8.42 Å². The lowest BCUT2D eigenvalue weighted by molar-refractivity contribution is -0.129. The van der Waals surface area contributed by atoms with Crippen LogP contribution in [0.5, 0.6) is 0 Å². The predicted molar refractivity (Wildman–Crippen MR) is 122 cm³/mol. The van der Waals surface area contributed by atoms with Gasteiger partial charge in [0.1, 0.15) is 0 Å². The second-order valence-corrected chi connectivity index (χ2v) is 11.0. The molecule has 0 aliphatic carbocycles. The molecule has 1 saturated heterocycles. The molecule has 1 aliphatic heterocycles. The van der Waals surface area contributed by atoms with Crippen LogP contribution in [0.1, 0.15) is 5.56 Å². The number of sulfonamides is 1. The maximum Gasteiger partial charge on any atom is 0.233 e. The van der Waals surface area contributed by atoms with Crippen LogP contribution in [0.3, 0.4) is 0 Å². The molecular formula is C20H23N5O3S3. The van der Waals surface area contributed by atoms with E-state index in [1.54, 1.807) is 16.2 Å². The van der Waals surface area contributed by atoms with Crippen molar-refractivity contribution in [1.29, 1.82) is 0 Å². The molecule has 1 aliphatic rings. The third-order valence-electron chi connectivity index (χ3n) is 5.08. The molecule has 11 heteroatoms. The number of piperazine rings is 1. The van der Waals surface area contributed by atoms with Crippen molar-refractivity contribution in [2.75, 3.05) is 31.9 Å². The lowest BCUT2D eigenvalue weighted by Gasteiger charge is -2.34. The molecule has 8 nitrogen and oxygen atoms in total. The van der Waals surface area contributed by atoms with E-state index in [-0.39, 0.29) is 17.4 Å². The van der Waals surface area contributed by atoms with Crippen LogP contribution in [0, 0.1) is 0 Å². The maximum atomic E-state index is 12.7. The maximum absolute atomic E-state index is 12.7. The molecule has 2 aromatic heterocycles. The molecule has 31 heavy (non-hydrogen) atoms. The van der Waals surface area contributed by atoms with E-state index in [1.165, 1.54) is 16.1 Å². The van der Waals surface area contributed by atoms with Gasteiger partial charge in [-0.2, -0.15) is 4.31 Å². The number of thioether (sulfide) groups is 1. The van der Waals surface area contributed by atoms with Crippen LogP contribution < -0.4 is 0 Å². The summed E-state index contributed by atoms with van der Waals surface area (Å²) in [6, 6.07) is 13.1. The monoisotopic (exact) mass is 477 g/mol. The van der Waals surface area contributed by atoms with Crippen LogP contribution in [-0.4, -0.2) is 70.2 Å². The number of hydrogen-bond acceptors (Lipinski definition) is 7. The molecule has 0 N–H and O–H groups in total. The van der Waals surface area contributed by atoms with E-state index >= 15 is 0 Å². The number of hydrogen-bond donors (Lipinski definition) is 0. The predicted octanol–water partition coefficient (Wildman–Crippen LogP) is 2.31. The average Bonchev–Trinajstić information content (AvgIpc) is 3.42. The summed E-state index contributed by atoms with van der Waals surface area (Å²) in [5.74, 6) is 0.983. The Morgan fingerprint density at radius 1 is 1.06 bits per heavy atom. The molecule has 0 unspecified atom stereocenters. The van der Waals surface area contributed by atoms with E-state index in [0.29, 0.717) is 31.3 Å². The Morgan fingerprint density at radius 3 is 2.48 bits per heavy atom. The van der Waals surface area contributed by atoms with Crippen LogP contribution in [0.2, 0.25) is 0 Å². The number of carbonyl (C=O) groups is 1. The zero-order valence-corrected chi connectivity index (χ0v) is 19.5. The van der Waals surface area contributed by atoms with Crippen LogP contribution in [0.25, 0.3) is 10.7 Å². The number of amides is 1. The summed E-state index contributed by atoms with van der Waals surface area (Å²) in [6.07, 6.45) is 0. The van der Waals surface area contributed by atoms with Gasteiger partial charge >= 0.3 is 0 Å². The molecule has 0 saturated carbocycles. The minimum absolute atomic E-state index is 0.0175. The SMILES string of the molecule is Cn1c(SCC(=O)N2CCN(S(=O)(=O)Cc3ccccc3)CC2)nnc1-c1cccs1. The molecule has 3 heterocycles. The van der Waals surface area contributed by atoms with Gasteiger partial charge in [-0.05, 0) is 17.0 Å². The van der Waals surface area contributed by atoms with Gasteiger partial charge in [0.15, 0.2) is 11.0 Å². The molecule has 1 aromatic carbocycles. The molecule has 3 aromatic rings. The molecule has 4 rings (SSSR count). The number of nitrogens with zero attached hydrogens (tertiary/aromatic N) is 5. The highest BCUT2D eigenvalue weighted by atomic mass is 32.2. The van der Waals surface area contributed by atoms with Gasteiger partial charge in [0.2, 0.25) is 15.9 Å². The van der Waals surface area contributed by atoms with Crippen LogP contribution >= 0.6 is 23.1 Å². The van der Waals surface area contributed by atoms with Crippen LogP contribution in [0.15, 0.2) is 53.0 Å². The van der Waals surface area contributed by atoms with Gasteiger partial charge in [-0.15, -0.1) is 21.5 Å². The lowest BCUT2D eigenvalue weighted by atomic mass is 10.2. The summed E-state index contributed by atoms with van der Waals surface area (Å²) in [7, 11) is -1.51. The van der Waals surface area contributed by atoms with E-state index in [0.717, 1.165) is 16.3 Å². The van der Waals surface area contributed by atoms with Gasteiger partial charge in [0, 0.05) is 33.2 Å². The van der Waals surface area contributed by atoms with Crippen molar-refractivity contribution in [3.05, 3.63) is 53.4 Å². The Hall–Kier alpha value is -2.21. The van der Waals surface area contributed by atoms with Crippen LogP contribution in [-0.2, 0) is 27.6 Å². The van der Waals surface area contributed by atoms with Gasteiger partial charge in [-0.3, -0.25) is 4.79 Å². The van der Waals surface area contributed by atoms with Crippen molar-refractivity contribution in [3.8, 4) is 10.7 Å². The molecule has 164 valence electrons. The Kier molecular flexibility index (Phi) is 6.75. The number of aromatic nitrogens is 3. The zero-order chi connectivity index (χ0) is 21.8. The first-order chi connectivity index (χ1) is 14.9. The standard InChI is InChI=1S/C20H23N5O3S3/c1-23-19(17-8-5-13-29-17)21-22-20(23)30-14-18(26)24-9-11-25(12-10-24)31(27,28)15-16-6-3-2-4-7-16/h2-8,13H,9-12,14-15H2,1H3. The zero-order valence-electron chi connectivity index (χ0n) is 17.0. The molecular weight excluding hydrogens is 454 g/mol.